The van der Waals surface area contributed by atoms with Crippen molar-refractivity contribution in [1.29, 1.82) is 0 Å². The number of nitrogens with zero attached hydrogens (tertiary/aromatic N) is 2. The van der Waals surface area contributed by atoms with Crippen molar-refractivity contribution in [1.82, 2.24) is 4.98 Å². The molecule has 90 valence electrons. The minimum atomic E-state index is -4.34. The quantitative estimate of drug-likeness (QED) is 0.866. The molecule has 0 aromatic carbocycles. The lowest BCUT2D eigenvalue weighted by atomic mass is 10.2. The highest BCUT2D eigenvalue weighted by atomic mass is 19.4. The van der Waals surface area contributed by atoms with Crippen LogP contribution in [0.2, 0.25) is 0 Å². The average molecular weight is 233 g/mol. The zero-order chi connectivity index (χ0) is 12.3. The normalized spacial score (nSPS) is 13.6. The van der Waals surface area contributed by atoms with Gasteiger partial charge >= 0.3 is 6.18 Å². The molecule has 0 saturated carbocycles. The maximum absolute atomic E-state index is 12.4. The summed E-state index contributed by atoms with van der Waals surface area (Å²) >= 11 is 0. The fourth-order valence-corrected chi connectivity index (χ4v) is 1.33. The van der Waals surface area contributed by atoms with Crippen LogP contribution in [0.25, 0.3) is 0 Å². The second kappa shape index (κ2) is 4.69. The molecule has 1 aromatic heterocycles. The van der Waals surface area contributed by atoms with Crippen LogP contribution in [0.15, 0.2) is 18.3 Å². The highest BCUT2D eigenvalue weighted by Gasteiger charge is 2.31. The summed E-state index contributed by atoms with van der Waals surface area (Å²) in [7, 11) is 1.66. The SMILES string of the molecule is CC(N)CN(C)c1cc(C(F)(F)F)ccn1. The van der Waals surface area contributed by atoms with E-state index in [4.69, 9.17) is 5.73 Å². The van der Waals surface area contributed by atoms with Gasteiger partial charge in [-0.2, -0.15) is 13.2 Å². The van der Waals surface area contributed by atoms with Crippen molar-refractivity contribution in [3.63, 3.8) is 0 Å². The van der Waals surface area contributed by atoms with E-state index in [1.54, 1.807) is 18.9 Å². The Bertz CT molecular complexity index is 349. The number of halogens is 3. The maximum atomic E-state index is 12.4. The van der Waals surface area contributed by atoms with Gasteiger partial charge in [0.25, 0.3) is 0 Å². The predicted octanol–water partition coefficient (Wildman–Crippen LogP) is 1.88. The molecule has 3 nitrogen and oxygen atoms in total. The van der Waals surface area contributed by atoms with Crippen LogP contribution in [-0.2, 0) is 6.18 Å². The van der Waals surface area contributed by atoms with Crippen molar-refractivity contribution in [3.05, 3.63) is 23.9 Å². The molecule has 1 aromatic rings. The lowest BCUT2D eigenvalue weighted by Gasteiger charge is -2.21. The smallest absolute Gasteiger partial charge is 0.358 e. The van der Waals surface area contributed by atoms with Gasteiger partial charge in [-0.1, -0.05) is 0 Å². The first kappa shape index (κ1) is 12.8. The second-order valence-electron chi connectivity index (χ2n) is 3.76. The molecule has 1 unspecified atom stereocenters. The van der Waals surface area contributed by atoms with Gasteiger partial charge in [0.05, 0.1) is 5.56 Å². The number of nitrogens with two attached hydrogens (primary N) is 1. The van der Waals surface area contributed by atoms with E-state index >= 15 is 0 Å². The molecular formula is C10H14F3N3. The van der Waals surface area contributed by atoms with Gasteiger partial charge in [-0.3, -0.25) is 0 Å². The average Bonchev–Trinajstić information content (AvgIpc) is 2.15. The first-order valence-corrected chi connectivity index (χ1v) is 4.80. The van der Waals surface area contributed by atoms with E-state index in [1.165, 1.54) is 0 Å². The Balaban J connectivity index is 2.90. The second-order valence-corrected chi connectivity index (χ2v) is 3.76. The van der Waals surface area contributed by atoms with E-state index in [9.17, 15) is 13.2 Å². The van der Waals surface area contributed by atoms with E-state index in [2.05, 4.69) is 4.98 Å². The third-order valence-corrected chi connectivity index (χ3v) is 2.03. The monoisotopic (exact) mass is 233 g/mol. The van der Waals surface area contributed by atoms with Gasteiger partial charge in [-0.15, -0.1) is 0 Å². The van der Waals surface area contributed by atoms with Gasteiger partial charge in [0.1, 0.15) is 5.82 Å². The zero-order valence-corrected chi connectivity index (χ0v) is 9.12. The number of pyridine rings is 1. The molecule has 1 atom stereocenters. The van der Waals surface area contributed by atoms with E-state index < -0.39 is 11.7 Å². The molecule has 0 aliphatic heterocycles. The Morgan fingerprint density at radius 2 is 2.12 bits per heavy atom. The van der Waals surface area contributed by atoms with Crippen molar-refractivity contribution in [2.75, 3.05) is 18.5 Å². The first-order chi connectivity index (χ1) is 7.30. The summed E-state index contributed by atoms with van der Waals surface area (Å²) in [5, 5.41) is 0. The maximum Gasteiger partial charge on any atom is 0.416 e. The summed E-state index contributed by atoms with van der Waals surface area (Å²) in [5.74, 6) is 0.270. The molecule has 0 spiro atoms. The third-order valence-electron chi connectivity index (χ3n) is 2.03. The van der Waals surface area contributed by atoms with Gasteiger partial charge in [-0.05, 0) is 19.1 Å². The molecule has 16 heavy (non-hydrogen) atoms. The summed E-state index contributed by atoms with van der Waals surface area (Å²) in [6.45, 7) is 2.23. The molecular weight excluding hydrogens is 219 g/mol. The molecule has 1 heterocycles. The fraction of sp³-hybridized carbons (Fsp3) is 0.500. The number of alkyl halides is 3. The number of hydrogen-bond donors (Lipinski definition) is 1. The third kappa shape index (κ3) is 3.37. The minimum Gasteiger partial charge on any atom is -0.358 e. The summed E-state index contributed by atoms with van der Waals surface area (Å²) < 4.78 is 37.3. The van der Waals surface area contributed by atoms with Crippen LogP contribution >= 0.6 is 0 Å². The van der Waals surface area contributed by atoms with Gasteiger partial charge in [0.2, 0.25) is 0 Å². The van der Waals surface area contributed by atoms with Crippen LogP contribution in [0.4, 0.5) is 19.0 Å². The molecule has 1 rings (SSSR count). The molecule has 0 amide bonds. The largest absolute Gasteiger partial charge is 0.416 e. The number of anilines is 1. The fourth-order valence-electron chi connectivity index (χ4n) is 1.33. The molecule has 0 aliphatic rings. The molecule has 0 fully saturated rings. The summed E-state index contributed by atoms with van der Waals surface area (Å²) in [6, 6.07) is 1.84. The molecule has 0 aliphatic carbocycles. The van der Waals surface area contributed by atoms with Crippen molar-refractivity contribution < 1.29 is 13.2 Å². The number of rotatable bonds is 3. The minimum absolute atomic E-state index is 0.124. The summed E-state index contributed by atoms with van der Waals surface area (Å²) in [6.07, 6.45) is -3.19. The lowest BCUT2D eigenvalue weighted by Crippen LogP contribution is -2.33. The van der Waals surface area contributed by atoms with Crippen LogP contribution in [-0.4, -0.2) is 24.6 Å². The van der Waals surface area contributed by atoms with Crippen molar-refractivity contribution >= 4 is 5.82 Å². The highest BCUT2D eigenvalue weighted by molar-refractivity contribution is 5.41. The zero-order valence-electron chi connectivity index (χ0n) is 9.12. The van der Waals surface area contributed by atoms with Gasteiger partial charge in [0, 0.05) is 25.8 Å². The molecule has 0 saturated heterocycles. The van der Waals surface area contributed by atoms with Crippen molar-refractivity contribution in [2.45, 2.75) is 19.1 Å². The highest BCUT2D eigenvalue weighted by Crippen LogP contribution is 2.30. The first-order valence-electron chi connectivity index (χ1n) is 4.80. The van der Waals surface area contributed by atoms with E-state index in [0.29, 0.717) is 6.54 Å². The topological polar surface area (TPSA) is 42.1 Å². The molecule has 6 heteroatoms. The standard InChI is InChI=1S/C10H14F3N3/c1-7(14)6-16(2)9-5-8(3-4-15-9)10(11,12)13/h3-5,7H,6,14H2,1-2H3. The summed E-state index contributed by atoms with van der Waals surface area (Å²) in [4.78, 5) is 5.47. The number of aromatic nitrogens is 1. The van der Waals surface area contributed by atoms with Crippen LogP contribution in [0.1, 0.15) is 12.5 Å². The Morgan fingerprint density at radius 1 is 1.50 bits per heavy atom. The van der Waals surface area contributed by atoms with Gasteiger partial charge in [-0.25, -0.2) is 4.98 Å². The van der Waals surface area contributed by atoms with Crippen LogP contribution in [0.5, 0.6) is 0 Å². The predicted molar refractivity (Wildman–Crippen MR) is 56.2 cm³/mol. The number of likely N-dealkylation sites (N-methyl/N-ethyl adjacent to an activating group) is 1. The molecule has 0 radical (unpaired) electrons. The Labute approximate surface area is 92.1 Å². The summed E-state index contributed by atoms with van der Waals surface area (Å²) in [5.41, 5.74) is 4.86. The van der Waals surface area contributed by atoms with Gasteiger partial charge in [0.15, 0.2) is 0 Å². The number of hydrogen-bond acceptors (Lipinski definition) is 3. The van der Waals surface area contributed by atoms with E-state index in [-0.39, 0.29) is 11.9 Å². The van der Waals surface area contributed by atoms with Crippen LogP contribution in [0, 0.1) is 0 Å². The Hall–Kier alpha value is -1.30. The Morgan fingerprint density at radius 3 is 2.62 bits per heavy atom. The van der Waals surface area contributed by atoms with Crippen molar-refractivity contribution in [2.24, 2.45) is 5.73 Å². The Kier molecular flexibility index (Phi) is 3.74. The van der Waals surface area contributed by atoms with Crippen molar-refractivity contribution in [3.8, 4) is 0 Å². The van der Waals surface area contributed by atoms with Crippen LogP contribution < -0.4 is 10.6 Å². The van der Waals surface area contributed by atoms with Crippen LogP contribution in [0.3, 0.4) is 0 Å². The lowest BCUT2D eigenvalue weighted by molar-refractivity contribution is -0.137. The van der Waals surface area contributed by atoms with Gasteiger partial charge < -0.3 is 10.6 Å². The molecule has 2 N–H and O–H groups in total. The van der Waals surface area contributed by atoms with E-state index in [0.717, 1.165) is 18.3 Å². The van der Waals surface area contributed by atoms with E-state index in [1.807, 2.05) is 0 Å². The molecule has 0 bridgehead atoms.